The summed E-state index contributed by atoms with van der Waals surface area (Å²) in [6.45, 7) is 2.46. The first-order chi connectivity index (χ1) is 7.81. The molecule has 1 N–H and O–H groups in total. The molecule has 1 heterocycles. The highest BCUT2D eigenvalue weighted by Gasteiger charge is 2.27. The highest BCUT2D eigenvalue weighted by molar-refractivity contribution is 4.93. The summed E-state index contributed by atoms with van der Waals surface area (Å²) in [5.41, 5.74) is 0.0437. The average Bonchev–Trinajstić information content (AvgIpc) is 3.10. The number of hydrogen-bond acceptors (Lipinski definition) is 3. The summed E-state index contributed by atoms with van der Waals surface area (Å²) in [5.74, 6) is 0. The molecule has 1 aliphatic carbocycles. The van der Waals surface area contributed by atoms with E-state index in [1.54, 1.807) is 16.7 Å². The molecule has 1 aromatic heterocycles. The van der Waals surface area contributed by atoms with Gasteiger partial charge in [0.1, 0.15) is 0 Å². The van der Waals surface area contributed by atoms with E-state index in [1.165, 1.54) is 12.8 Å². The van der Waals surface area contributed by atoms with E-state index in [0.717, 1.165) is 6.54 Å². The number of nitrogens with zero attached hydrogens (tertiary/aromatic N) is 2. The van der Waals surface area contributed by atoms with E-state index in [0.29, 0.717) is 19.1 Å². The van der Waals surface area contributed by atoms with Crippen LogP contribution in [0.1, 0.15) is 12.8 Å². The molecule has 0 amide bonds. The number of rotatable bonds is 6. The maximum Gasteiger partial charge on any atom is 0.250 e. The summed E-state index contributed by atoms with van der Waals surface area (Å²) >= 11 is 0. The Kier molecular flexibility index (Phi) is 3.74. The molecular weight excluding hydrogens is 204 g/mol. The Hall–Kier alpha value is -1.13. The van der Waals surface area contributed by atoms with Crippen LogP contribution in [0.2, 0.25) is 0 Å². The SMILES string of the molecule is O=c1ccccn1CCN(CCO)C1CC1. The summed E-state index contributed by atoms with van der Waals surface area (Å²) in [4.78, 5) is 13.7. The predicted octanol–water partition coefficient (Wildman–Crippen LogP) is 0.305. The molecule has 1 saturated carbocycles. The lowest BCUT2D eigenvalue weighted by molar-refractivity contribution is 0.184. The molecule has 1 aromatic rings. The molecule has 4 nitrogen and oxygen atoms in total. The van der Waals surface area contributed by atoms with Crippen molar-refractivity contribution in [2.24, 2.45) is 0 Å². The highest BCUT2D eigenvalue weighted by Crippen LogP contribution is 2.26. The molecule has 0 radical (unpaired) electrons. The Morgan fingerprint density at radius 1 is 1.38 bits per heavy atom. The van der Waals surface area contributed by atoms with Crippen LogP contribution in [0.5, 0.6) is 0 Å². The Balaban J connectivity index is 1.90. The second kappa shape index (κ2) is 5.27. The van der Waals surface area contributed by atoms with Crippen molar-refractivity contribution in [3.8, 4) is 0 Å². The van der Waals surface area contributed by atoms with Crippen LogP contribution in [-0.2, 0) is 6.54 Å². The van der Waals surface area contributed by atoms with Crippen molar-refractivity contribution in [2.45, 2.75) is 25.4 Å². The van der Waals surface area contributed by atoms with Crippen molar-refractivity contribution in [2.75, 3.05) is 19.7 Å². The largest absolute Gasteiger partial charge is 0.395 e. The Morgan fingerprint density at radius 3 is 2.81 bits per heavy atom. The van der Waals surface area contributed by atoms with Gasteiger partial charge < -0.3 is 9.67 Å². The third-order valence-corrected chi connectivity index (χ3v) is 2.98. The van der Waals surface area contributed by atoms with Crippen LogP contribution in [0, 0.1) is 0 Å². The molecule has 0 atom stereocenters. The highest BCUT2D eigenvalue weighted by atomic mass is 16.3. The summed E-state index contributed by atoms with van der Waals surface area (Å²) in [6, 6.07) is 5.83. The van der Waals surface area contributed by atoms with Gasteiger partial charge in [0.2, 0.25) is 0 Å². The van der Waals surface area contributed by atoms with E-state index in [4.69, 9.17) is 5.11 Å². The van der Waals surface area contributed by atoms with Crippen LogP contribution in [0.15, 0.2) is 29.2 Å². The molecule has 1 aliphatic rings. The van der Waals surface area contributed by atoms with Gasteiger partial charge in [-0.15, -0.1) is 0 Å². The second-order valence-electron chi connectivity index (χ2n) is 4.22. The molecule has 0 aromatic carbocycles. The number of aliphatic hydroxyl groups excluding tert-OH is 1. The minimum Gasteiger partial charge on any atom is -0.395 e. The van der Waals surface area contributed by atoms with Gasteiger partial charge in [0.15, 0.2) is 0 Å². The van der Waals surface area contributed by atoms with Crippen LogP contribution in [-0.4, -0.2) is 40.3 Å². The third kappa shape index (κ3) is 2.93. The van der Waals surface area contributed by atoms with Crippen LogP contribution >= 0.6 is 0 Å². The van der Waals surface area contributed by atoms with Gasteiger partial charge in [-0.3, -0.25) is 9.69 Å². The van der Waals surface area contributed by atoms with Crippen LogP contribution < -0.4 is 5.56 Å². The predicted molar refractivity (Wildman–Crippen MR) is 62.4 cm³/mol. The fraction of sp³-hybridized carbons (Fsp3) is 0.583. The van der Waals surface area contributed by atoms with Crippen LogP contribution in [0.3, 0.4) is 0 Å². The van der Waals surface area contributed by atoms with Crippen molar-refractivity contribution in [3.05, 3.63) is 34.7 Å². The lowest BCUT2D eigenvalue weighted by Gasteiger charge is -2.20. The molecule has 0 bridgehead atoms. The summed E-state index contributed by atoms with van der Waals surface area (Å²) in [6.07, 6.45) is 4.26. The molecule has 1 fully saturated rings. The van der Waals surface area contributed by atoms with Crippen LogP contribution in [0.25, 0.3) is 0 Å². The first-order valence-corrected chi connectivity index (χ1v) is 5.81. The fourth-order valence-corrected chi connectivity index (χ4v) is 1.93. The molecule has 0 unspecified atom stereocenters. The van der Waals surface area contributed by atoms with Gasteiger partial charge in [-0.25, -0.2) is 0 Å². The fourth-order valence-electron chi connectivity index (χ4n) is 1.93. The molecule has 4 heteroatoms. The molecule has 0 saturated heterocycles. The van der Waals surface area contributed by atoms with Gasteiger partial charge in [-0.2, -0.15) is 0 Å². The van der Waals surface area contributed by atoms with E-state index in [1.807, 2.05) is 12.3 Å². The van der Waals surface area contributed by atoms with Gasteiger partial charge >= 0.3 is 0 Å². The summed E-state index contributed by atoms with van der Waals surface area (Å²) < 4.78 is 1.72. The number of hydrogen-bond donors (Lipinski definition) is 1. The Morgan fingerprint density at radius 2 is 2.19 bits per heavy atom. The Bertz CT molecular complexity index is 385. The van der Waals surface area contributed by atoms with Gasteiger partial charge in [0.05, 0.1) is 6.61 Å². The zero-order chi connectivity index (χ0) is 11.4. The monoisotopic (exact) mass is 222 g/mol. The maximum absolute atomic E-state index is 11.5. The quantitative estimate of drug-likeness (QED) is 0.753. The van der Waals surface area contributed by atoms with E-state index in [-0.39, 0.29) is 12.2 Å². The summed E-state index contributed by atoms with van der Waals surface area (Å²) in [5, 5.41) is 8.95. The van der Waals surface area contributed by atoms with Crippen molar-refractivity contribution >= 4 is 0 Å². The number of aromatic nitrogens is 1. The standard InChI is InChI=1S/C12H18N2O2/c15-10-9-13(11-4-5-11)7-8-14-6-2-1-3-12(14)16/h1-3,6,11,15H,4-5,7-10H2. The lowest BCUT2D eigenvalue weighted by Crippen LogP contribution is -2.34. The van der Waals surface area contributed by atoms with E-state index < -0.39 is 0 Å². The number of aliphatic hydroxyl groups is 1. The van der Waals surface area contributed by atoms with Crippen molar-refractivity contribution in [3.63, 3.8) is 0 Å². The second-order valence-corrected chi connectivity index (χ2v) is 4.22. The van der Waals surface area contributed by atoms with Gasteiger partial charge in [0, 0.05) is 37.9 Å². The normalized spacial score (nSPS) is 15.6. The van der Waals surface area contributed by atoms with E-state index in [2.05, 4.69) is 4.90 Å². The molecule has 16 heavy (non-hydrogen) atoms. The van der Waals surface area contributed by atoms with E-state index >= 15 is 0 Å². The maximum atomic E-state index is 11.5. The lowest BCUT2D eigenvalue weighted by atomic mass is 10.4. The first kappa shape index (κ1) is 11.4. The van der Waals surface area contributed by atoms with Crippen molar-refractivity contribution in [1.82, 2.24) is 9.47 Å². The van der Waals surface area contributed by atoms with Crippen molar-refractivity contribution < 1.29 is 5.11 Å². The first-order valence-electron chi connectivity index (χ1n) is 5.81. The van der Waals surface area contributed by atoms with Gasteiger partial charge in [-0.05, 0) is 18.9 Å². The number of pyridine rings is 1. The zero-order valence-electron chi connectivity index (χ0n) is 9.38. The average molecular weight is 222 g/mol. The van der Waals surface area contributed by atoms with Gasteiger partial charge in [0.25, 0.3) is 5.56 Å². The minimum absolute atomic E-state index is 0.0437. The Labute approximate surface area is 95.1 Å². The topological polar surface area (TPSA) is 45.5 Å². The summed E-state index contributed by atoms with van der Waals surface area (Å²) in [7, 11) is 0. The molecule has 2 rings (SSSR count). The van der Waals surface area contributed by atoms with Crippen LogP contribution in [0.4, 0.5) is 0 Å². The van der Waals surface area contributed by atoms with Crippen molar-refractivity contribution in [1.29, 1.82) is 0 Å². The molecule has 88 valence electrons. The smallest absolute Gasteiger partial charge is 0.250 e. The molecular formula is C12H18N2O2. The molecule has 0 aliphatic heterocycles. The third-order valence-electron chi connectivity index (χ3n) is 2.98. The van der Waals surface area contributed by atoms with E-state index in [9.17, 15) is 4.79 Å². The van der Waals surface area contributed by atoms with Gasteiger partial charge in [-0.1, -0.05) is 6.07 Å². The molecule has 0 spiro atoms. The zero-order valence-corrected chi connectivity index (χ0v) is 9.38. The minimum atomic E-state index is 0.0437.